The van der Waals surface area contributed by atoms with Crippen LogP contribution in [0.2, 0.25) is 0 Å². The molecule has 3 aromatic rings. The summed E-state index contributed by atoms with van der Waals surface area (Å²) >= 11 is 1.37. The van der Waals surface area contributed by atoms with Crippen LogP contribution in [0.15, 0.2) is 88.7 Å². The van der Waals surface area contributed by atoms with Crippen LogP contribution in [0.5, 0.6) is 0 Å². The molecule has 0 fully saturated rings. The van der Waals surface area contributed by atoms with Crippen LogP contribution in [0.4, 0.5) is 0 Å². The average Bonchev–Trinajstić information content (AvgIpc) is 2.83. The van der Waals surface area contributed by atoms with E-state index in [1.807, 2.05) is 61.5 Å². The summed E-state index contributed by atoms with van der Waals surface area (Å²) in [4.78, 5) is 25.7. The molecule has 1 atom stereocenters. The number of thioether (sulfide) groups is 1. The monoisotopic (exact) mass is 483 g/mol. The van der Waals surface area contributed by atoms with Gasteiger partial charge in [0.2, 0.25) is 10.0 Å². The van der Waals surface area contributed by atoms with E-state index in [9.17, 15) is 18.0 Å². The van der Waals surface area contributed by atoms with Crippen molar-refractivity contribution < 1.29 is 18.0 Å². The minimum atomic E-state index is -3.82. The molecule has 172 valence electrons. The van der Waals surface area contributed by atoms with E-state index in [1.54, 1.807) is 6.92 Å². The van der Waals surface area contributed by atoms with Crippen LogP contribution in [0.1, 0.15) is 28.4 Å². The second-order valence-corrected chi connectivity index (χ2v) is 10.5. The van der Waals surface area contributed by atoms with E-state index >= 15 is 0 Å². The van der Waals surface area contributed by atoms with Gasteiger partial charge in [-0.15, -0.1) is 11.8 Å². The van der Waals surface area contributed by atoms with Crippen molar-refractivity contribution in [2.75, 3.05) is 0 Å². The molecule has 0 spiro atoms. The highest BCUT2D eigenvalue weighted by atomic mass is 32.2. The number of benzene rings is 3. The summed E-state index contributed by atoms with van der Waals surface area (Å²) in [6.45, 7) is 3.85. The zero-order valence-electron chi connectivity index (χ0n) is 18.2. The largest absolute Gasteiger partial charge is 0.272 e. The Balaban J connectivity index is 1.57. The number of carbonyl (C=O) groups excluding carboxylic acids is 2. The second kappa shape index (κ2) is 11.1. The Morgan fingerprint density at radius 3 is 2.30 bits per heavy atom. The first-order chi connectivity index (χ1) is 15.7. The number of carbonyl (C=O) groups is 2. The number of amides is 2. The zero-order valence-corrected chi connectivity index (χ0v) is 19.9. The van der Waals surface area contributed by atoms with Gasteiger partial charge in [0.25, 0.3) is 11.8 Å². The van der Waals surface area contributed by atoms with Crippen molar-refractivity contribution in [1.82, 2.24) is 15.6 Å². The Morgan fingerprint density at radius 1 is 0.909 bits per heavy atom. The fourth-order valence-electron chi connectivity index (χ4n) is 2.83. The third-order valence-corrected chi connectivity index (χ3v) is 7.23. The quantitative estimate of drug-likeness (QED) is 0.336. The molecular weight excluding hydrogens is 458 g/mol. The lowest BCUT2D eigenvalue weighted by Gasteiger charge is -2.13. The van der Waals surface area contributed by atoms with Crippen LogP contribution in [0.25, 0.3) is 0 Å². The summed E-state index contributed by atoms with van der Waals surface area (Å²) in [5, 5.41) is -0.443. The Bertz CT molecular complexity index is 1210. The summed E-state index contributed by atoms with van der Waals surface area (Å²) in [6, 6.07) is 22.5. The van der Waals surface area contributed by atoms with Gasteiger partial charge in [-0.25, -0.2) is 13.1 Å². The van der Waals surface area contributed by atoms with Crippen molar-refractivity contribution >= 4 is 33.6 Å². The molecule has 3 N–H and O–H groups in total. The van der Waals surface area contributed by atoms with Crippen LogP contribution in [-0.2, 0) is 21.4 Å². The first-order valence-corrected chi connectivity index (χ1v) is 12.6. The topological polar surface area (TPSA) is 104 Å². The summed E-state index contributed by atoms with van der Waals surface area (Å²) in [5.41, 5.74) is 6.79. The molecule has 0 aliphatic heterocycles. The zero-order chi connectivity index (χ0) is 23.8. The number of sulfonamides is 1. The molecule has 9 heteroatoms. The second-order valence-electron chi connectivity index (χ2n) is 7.35. The third-order valence-electron chi connectivity index (χ3n) is 4.72. The molecule has 0 aromatic heterocycles. The van der Waals surface area contributed by atoms with Crippen molar-refractivity contribution in [3.63, 3.8) is 0 Å². The molecule has 3 rings (SSSR count). The van der Waals surface area contributed by atoms with E-state index in [0.717, 1.165) is 16.0 Å². The van der Waals surface area contributed by atoms with Crippen molar-refractivity contribution in [2.24, 2.45) is 0 Å². The van der Waals surface area contributed by atoms with Gasteiger partial charge in [-0.3, -0.25) is 20.4 Å². The SMILES string of the molecule is Cc1ccc(S[C@H](C)C(=O)NNC(=O)c2cccc(S(=O)(=O)NCc3ccccc3)c2)cc1. The molecule has 0 bridgehead atoms. The number of aryl methyl sites for hydroxylation is 1. The lowest BCUT2D eigenvalue weighted by molar-refractivity contribution is -0.121. The van der Waals surface area contributed by atoms with Crippen molar-refractivity contribution in [2.45, 2.75) is 35.4 Å². The van der Waals surface area contributed by atoms with Gasteiger partial charge in [0, 0.05) is 17.0 Å². The van der Waals surface area contributed by atoms with E-state index in [2.05, 4.69) is 15.6 Å². The Morgan fingerprint density at radius 2 is 1.61 bits per heavy atom. The molecule has 0 saturated carbocycles. The highest BCUT2D eigenvalue weighted by Gasteiger charge is 2.18. The number of nitrogens with one attached hydrogen (secondary N) is 3. The van der Waals surface area contributed by atoms with E-state index in [1.165, 1.54) is 36.0 Å². The number of hydrogen-bond acceptors (Lipinski definition) is 5. The lowest BCUT2D eigenvalue weighted by atomic mass is 10.2. The van der Waals surface area contributed by atoms with E-state index in [0.29, 0.717) is 0 Å². The van der Waals surface area contributed by atoms with Crippen LogP contribution >= 0.6 is 11.8 Å². The summed E-state index contributed by atoms with van der Waals surface area (Å²) in [7, 11) is -3.82. The number of hydrogen-bond donors (Lipinski definition) is 3. The van der Waals surface area contributed by atoms with Gasteiger partial charge in [0.15, 0.2) is 0 Å². The molecular formula is C24H25N3O4S2. The minimum Gasteiger partial charge on any atom is -0.272 e. The normalized spacial score (nSPS) is 12.1. The molecule has 33 heavy (non-hydrogen) atoms. The first-order valence-electron chi connectivity index (χ1n) is 10.2. The Hall–Kier alpha value is -3.14. The highest BCUT2D eigenvalue weighted by Crippen LogP contribution is 2.23. The highest BCUT2D eigenvalue weighted by molar-refractivity contribution is 8.00. The third kappa shape index (κ3) is 7.18. The number of rotatable bonds is 8. The van der Waals surface area contributed by atoms with Crippen LogP contribution < -0.4 is 15.6 Å². The first kappa shape index (κ1) is 24.5. The summed E-state index contributed by atoms with van der Waals surface area (Å²) in [5.74, 6) is -0.988. The molecule has 0 saturated heterocycles. The fourth-order valence-corrected chi connectivity index (χ4v) is 4.76. The maximum Gasteiger partial charge on any atom is 0.269 e. The van der Waals surface area contributed by atoms with E-state index in [-0.39, 0.29) is 22.9 Å². The van der Waals surface area contributed by atoms with Crippen LogP contribution in [0.3, 0.4) is 0 Å². The molecule has 0 heterocycles. The van der Waals surface area contributed by atoms with Gasteiger partial charge in [-0.2, -0.15) is 0 Å². The predicted octanol–water partition coefficient (Wildman–Crippen LogP) is 3.42. The Kier molecular flexibility index (Phi) is 8.26. The number of hydrazine groups is 1. The maximum atomic E-state index is 12.6. The minimum absolute atomic E-state index is 0.0410. The molecule has 3 aromatic carbocycles. The standard InChI is InChI=1S/C24H25N3O4S2/c1-17-11-13-21(14-12-17)32-18(2)23(28)26-27-24(29)20-9-6-10-22(15-20)33(30,31)25-16-19-7-4-3-5-8-19/h3-15,18,25H,16H2,1-2H3,(H,26,28)(H,27,29)/t18-/m1/s1. The van der Waals surface area contributed by atoms with Gasteiger partial charge in [0.05, 0.1) is 10.1 Å². The fraction of sp³-hybridized carbons (Fsp3) is 0.167. The van der Waals surface area contributed by atoms with E-state index in [4.69, 9.17) is 0 Å². The average molecular weight is 484 g/mol. The van der Waals surface area contributed by atoms with Crippen molar-refractivity contribution in [1.29, 1.82) is 0 Å². The molecule has 0 aliphatic rings. The van der Waals surface area contributed by atoms with Crippen LogP contribution in [-0.4, -0.2) is 25.5 Å². The van der Waals surface area contributed by atoms with Crippen LogP contribution in [0, 0.1) is 6.92 Å². The van der Waals surface area contributed by atoms with Crippen molar-refractivity contribution in [3.8, 4) is 0 Å². The molecule has 0 radical (unpaired) electrons. The molecule has 7 nitrogen and oxygen atoms in total. The maximum absolute atomic E-state index is 12.6. The van der Waals surface area contributed by atoms with Crippen molar-refractivity contribution in [3.05, 3.63) is 95.6 Å². The van der Waals surface area contributed by atoms with Gasteiger partial charge < -0.3 is 0 Å². The summed E-state index contributed by atoms with van der Waals surface area (Å²) in [6.07, 6.45) is 0. The molecule has 2 amide bonds. The van der Waals surface area contributed by atoms with Gasteiger partial charge in [-0.1, -0.05) is 54.1 Å². The van der Waals surface area contributed by atoms with Gasteiger partial charge >= 0.3 is 0 Å². The summed E-state index contributed by atoms with van der Waals surface area (Å²) < 4.78 is 27.7. The molecule has 0 aliphatic carbocycles. The predicted molar refractivity (Wildman–Crippen MR) is 129 cm³/mol. The Labute approximate surface area is 198 Å². The molecule has 0 unspecified atom stereocenters. The smallest absolute Gasteiger partial charge is 0.269 e. The van der Waals surface area contributed by atoms with Gasteiger partial charge in [-0.05, 0) is 49.7 Å². The lowest BCUT2D eigenvalue weighted by Crippen LogP contribution is -2.44. The van der Waals surface area contributed by atoms with E-state index < -0.39 is 21.2 Å². The van der Waals surface area contributed by atoms with Gasteiger partial charge in [0.1, 0.15) is 0 Å².